The van der Waals surface area contributed by atoms with Crippen LogP contribution in [0.4, 0.5) is 0 Å². The van der Waals surface area contributed by atoms with Crippen LogP contribution in [0.15, 0.2) is 28.7 Å². The van der Waals surface area contributed by atoms with Crippen LogP contribution >= 0.6 is 31.9 Å². The van der Waals surface area contributed by atoms with E-state index in [1.807, 2.05) is 24.3 Å². The second-order valence-electron chi connectivity index (χ2n) is 2.39. The maximum Gasteiger partial charge on any atom is 0.0809 e. The van der Waals surface area contributed by atoms with Gasteiger partial charge in [0.25, 0.3) is 0 Å². The first-order chi connectivity index (χ1) is 5.77. The third kappa shape index (κ3) is 2.33. The number of alkyl halides is 1. The van der Waals surface area contributed by atoms with E-state index in [1.54, 1.807) is 0 Å². The molecule has 0 bridgehead atoms. The summed E-state index contributed by atoms with van der Waals surface area (Å²) in [6.07, 6.45) is 0. The lowest BCUT2D eigenvalue weighted by atomic mass is 10.0. The topological polar surface area (TPSA) is 23.8 Å². The number of rotatable bonds is 2. The summed E-state index contributed by atoms with van der Waals surface area (Å²) in [5.41, 5.74) is 1.05. The van der Waals surface area contributed by atoms with Crippen LogP contribution in [0.25, 0.3) is 0 Å². The first kappa shape index (κ1) is 9.76. The second-order valence-corrected chi connectivity index (χ2v) is 3.95. The van der Waals surface area contributed by atoms with E-state index in [4.69, 9.17) is 5.26 Å². The smallest absolute Gasteiger partial charge is 0.0809 e. The lowest BCUT2D eigenvalue weighted by Crippen LogP contribution is -1.95. The van der Waals surface area contributed by atoms with Gasteiger partial charge in [0.1, 0.15) is 0 Å². The quantitative estimate of drug-likeness (QED) is 0.765. The first-order valence-electron chi connectivity index (χ1n) is 3.49. The van der Waals surface area contributed by atoms with Crippen molar-refractivity contribution in [3.8, 4) is 6.07 Å². The average molecular weight is 289 g/mol. The molecule has 0 aliphatic rings. The van der Waals surface area contributed by atoms with E-state index in [9.17, 15) is 0 Å². The van der Waals surface area contributed by atoms with E-state index >= 15 is 0 Å². The molecule has 0 aliphatic heterocycles. The maximum absolute atomic E-state index is 8.76. The van der Waals surface area contributed by atoms with Crippen LogP contribution in [0, 0.1) is 11.3 Å². The molecule has 0 saturated carbocycles. The molecule has 3 heteroatoms. The summed E-state index contributed by atoms with van der Waals surface area (Å²) < 4.78 is 1.04. The van der Waals surface area contributed by atoms with E-state index in [0.29, 0.717) is 5.33 Å². The monoisotopic (exact) mass is 287 g/mol. The Morgan fingerprint density at radius 3 is 2.33 bits per heavy atom. The first-order valence-corrected chi connectivity index (χ1v) is 5.40. The largest absolute Gasteiger partial charge is 0.198 e. The third-order valence-corrected chi connectivity index (χ3v) is 2.76. The molecule has 0 N–H and O–H groups in total. The van der Waals surface area contributed by atoms with Crippen molar-refractivity contribution in [2.24, 2.45) is 0 Å². The highest BCUT2D eigenvalue weighted by molar-refractivity contribution is 9.10. The van der Waals surface area contributed by atoms with Crippen LogP contribution in [0.2, 0.25) is 0 Å². The molecule has 62 valence electrons. The molecule has 0 spiro atoms. The fourth-order valence-electron chi connectivity index (χ4n) is 0.893. The lowest BCUT2D eigenvalue weighted by molar-refractivity contribution is 1.01. The molecule has 1 aromatic carbocycles. The van der Waals surface area contributed by atoms with Crippen molar-refractivity contribution in [1.29, 1.82) is 5.26 Å². The zero-order valence-electron chi connectivity index (χ0n) is 6.30. The van der Waals surface area contributed by atoms with Crippen molar-refractivity contribution in [2.45, 2.75) is 5.92 Å². The zero-order chi connectivity index (χ0) is 8.97. The summed E-state index contributed by atoms with van der Waals surface area (Å²) in [5, 5.41) is 9.44. The van der Waals surface area contributed by atoms with Crippen LogP contribution in [-0.2, 0) is 0 Å². The van der Waals surface area contributed by atoms with Crippen LogP contribution in [0.3, 0.4) is 0 Å². The third-order valence-electron chi connectivity index (χ3n) is 1.58. The number of hydrogen-bond donors (Lipinski definition) is 0. The Balaban J connectivity index is 2.89. The van der Waals surface area contributed by atoms with Gasteiger partial charge in [-0.25, -0.2) is 0 Å². The van der Waals surface area contributed by atoms with Crippen molar-refractivity contribution in [2.75, 3.05) is 5.33 Å². The number of benzene rings is 1. The fourth-order valence-corrected chi connectivity index (χ4v) is 1.68. The van der Waals surface area contributed by atoms with E-state index < -0.39 is 0 Å². The Hall–Kier alpha value is -0.330. The molecule has 0 aromatic heterocycles. The summed E-state index contributed by atoms with van der Waals surface area (Å²) in [5.74, 6) is -0.0434. The highest BCUT2D eigenvalue weighted by Gasteiger charge is 2.07. The van der Waals surface area contributed by atoms with Crippen molar-refractivity contribution in [3.05, 3.63) is 34.3 Å². The minimum Gasteiger partial charge on any atom is -0.198 e. The van der Waals surface area contributed by atoms with Gasteiger partial charge in [-0.3, -0.25) is 0 Å². The van der Waals surface area contributed by atoms with Gasteiger partial charge in [-0.05, 0) is 17.7 Å². The highest BCUT2D eigenvalue weighted by Crippen LogP contribution is 2.19. The molecule has 1 atom stereocenters. The molecule has 12 heavy (non-hydrogen) atoms. The van der Waals surface area contributed by atoms with Crippen molar-refractivity contribution < 1.29 is 0 Å². The summed E-state index contributed by atoms with van der Waals surface area (Å²) in [7, 11) is 0. The maximum atomic E-state index is 8.76. The van der Waals surface area contributed by atoms with Crippen molar-refractivity contribution in [1.82, 2.24) is 0 Å². The highest BCUT2D eigenvalue weighted by atomic mass is 79.9. The Morgan fingerprint density at radius 1 is 1.33 bits per heavy atom. The molecule has 0 amide bonds. The predicted octanol–water partition coefficient (Wildman–Crippen LogP) is 3.45. The molecule has 0 aliphatic carbocycles. The van der Waals surface area contributed by atoms with Gasteiger partial charge in [0.15, 0.2) is 0 Å². The van der Waals surface area contributed by atoms with Crippen LogP contribution in [0.5, 0.6) is 0 Å². The molecule has 0 heterocycles. The van der Waals surface area contributed by atoms with Gasteiger partial charge in [-0.2, -0.15) is 5.26 Å². The van der Waals surface area contributed by atoms with Gasteiger partial charge in [-0.15, -0.1) is 0 Å². The Bertz CT molecular complexity index is 286. The van der Waals surface area contributed by atoms with E-state index in [2.05, 4.69) is 37.9 Å². The SMILES string of the molecule is N#CC(CBr)c1ccc(Br)cc1. The number of hydrogen-bond acceptors (Lipinski definition) is 1. The van der Waals surface area contributed by atoms with Crippen molar-refractivity contribution >= 4 is 31.9 Å². The Labute approximate surface area is 88.7 Å². The normalized spacial score (nSPS) is 12.1. The minimum atomic E-state index is -0.0434. The van der Waals surface area contributed by atoms with E-state index in [1.165, 1.54) is 0 Å². The Morgan fingerprint density at radius 2 is 1.92 bits per heavy atom. The molecule has 0 fully saturated rings. The molecule has 1 nitrogen and oxygen atoms in total. The number of halogens is 2. The standard InChI is InChI=1S/C9H7Br2N/c10-5-8(6-12)7-1-3-9(11)4-2-7/h1-4,8H,5H2. The summed E-state index contributed by atoms with van der Waals surface area (Å²) in [4.78, 5) is 0. The summed E-state index contributed by atoms with van der Waals surface area (Å²) in [6, 6.07) is 10.0. The average Bonchev–Trinajstić information content (AvgIpc) is 2.10. The molecular formula is C9H7Br2N. The predicted molar refractivity (Wildman–Crippen MR) is 56.3 cm³/mol. The summed E-state index contributed by atoms with van der Waals surface area (Å²) in [6.45, 7) is 0. The van der Waals surface area contributed by atoms with Crippen molar-refractivity contribution in [3.63, 3.8) is 0 Å². The Kier molecular flexibility index (Phi) is 3.77. The van der Waals surface area contributed by atoms with E-state index in [0.717, 1.165) is 10.0 Å². The molecule has 0 saturated heterocycles. The van der Waals surface area contributed by atoms with E-state index in [-0.39, 0.29) is 5.92 Å². The van der Waals surface area contributed by atoms with Gasteiger partial charge >= 0.3 is 0 Å². The van der Waals surface area contributed by atoms with Crippen LogP contribution < -0.4 is 0 Å². The number of nitriles is 1. The van der Waals surface area contributed by atoms with Crippen LogP contribution in [0.1, 0.15) is 11.5 Å². The lowest BCUT2D eigenvalue weighted by Gasteiger charge is -2.04. The van der Waals surface area contributed by atoms with Gasteiger partial charge in [0.05, 0.1) is 12.0 Å². The molecule has 0 radical (unpaired) electrons. The molecule has 1 aromatic rings. The fraction of sp³-hybridized carbons (Fsp3) is 0.222. The molecule has 1 unspecified atom stereocenters. The van der Waals surface area contributed by atoms with Gasteiger partial charge in [0, 0.05) is 9.80 Å². The zero-order valence-corrected chi connectivity index (χ0v) is 9.47. The second kappa shape index (κ2) is 4.64. The molecular weight excluding hydrogens is 282 g/mol. The van der Waals surface area contributed by atoms with Gasteiger partial charge in [-0.1, -0.05) is 44.0 Å². The number of nitrogens with zero attached hydrogens (tertiary/aromatic N) is 1. The molecule has 1 rings (SSSR count). The minimum absolute atomic E-state index is 0.0434. The van der Waals surface area contributed by atoms with Gasteiger partial charge < -0.3 is 0 Å². The van der Waals surface area contributed by atoms with Gasteiger partial charge in [0.2, 0.25) is 0 Å². The summed E-state index contributed by atoms with van der Waals surface area (Å²) >= 11 is 6.64. The van der Waals surface area contributed by atoms with Crippen LogP contribution in [-0.4, -0.2) is 5.33 Å².